The number of anilines is 2. The summed E-state index contributed by atoms with van der Waals surface area (Å²) in [5, 5.41) is 10.4. The fraction of sp³-hybridized carbons (Fsp3) is 0.227. The van der Waals surface area contributed by atoms with Crippen molar-refractivity contribution in [2.24, 2.45) is 0 Å². The Morgan fingerprint density at radius 1 is 1.13 bits per heavy atom. The Hall–Kier alpha value is -3.81. The summed E-state index contributed by atoms with van der Waals surface area (Å²) in [6, 6.07) is 14.0. The average Bonchev–Trinajstić information content (AvgIpc) is 3.10. The molecule has 1 atom stereocenters. The van der Waals surface area contributed by atoms with Gasteiger partial charge in [-0.3, -0.25) is 9.59 Å². The highest BCUT2D eigenvalue weighted by Gasteiger charge is 2.34. The maximum absolute atomic E-state index is 13.1. The van der Waals surface area contributed by atoms with Crippen LogP contribution in [0.2, 0.25) is 0 Å². The third-order valence-electron chi connectivity index (χ3n) is 5.08. The van der Waals surface area contributed by atoms with Crippen molar-refractivity contribution in [3.8, 4) is 22.8 Å². The van der Waals surface area contributed by atoms with Crippen LogP contribution in [-0.4, -0.2) is 35.8 Å². The van der Waals surface area contributed by atoms with E-state index in [1.807, 2.05) is 37.3 Å². The molecule has 30 heavy (non-hydrogen) atoms. The van der Waals surface area contributed by atoms with Crippen molar-refractivity contribution < 1.29 is 19.1 Å². The summed E-state index contributed by atoms with van der Waals surface area (Å²) < 4.78 is 12.1. The molecule has 154 valence electrons. The highest BCUT2D eigenvalue weighted by molar-refractivity contribution is 6.02. The summed E-state index contributed by atoms with van der Waals surface area (Å²) in [5.74, 6) is 1.04. The Morgan fingerprint density at radius 2 is 1.87 bits per heavy atom. The minimum Gasteiger partial charge on any atom is -0.493 e. The van der Waals surface area contributed by atoms with E-state index in [9.17, 15) is 9.59 Å². The van der Waals surface area contributed by atoms with E-state index in [0.29, 0.717) is 23.0 Å². The lowest BCUT2D eigenvalue weighted by Gasteiger charge is -2.24. The molecular formula is C22H22N4O4. The molecule has 0 spiro atoms. The number of hydrogen-bond acceptors (Lipinski definition) is 5. The van der Waals surface area contributed by atoms with Gasteiger partial charge in [0.2, 0.25) is 11.8 Å². The lowest BCUT2D eigenvalue weighted by atomic mass is 10.1. The van der Waals surface area contributed by atoms with Crippen molar-refractivity contribution in [1.29, 1.82) is 0 Å². The van der Waals surface area contributed by atoms with E-state index < -0.39 is 6.04 Å². The first-order valence-electron chi connectivity index (χ1n) is 9.49. The van der Waals surface area contributed by atoms with E-state index in [4.69, 9.17) is 9.47 Å². The van der Waals surface area contributed by atoms with Crippen LogP contribution in [-0.2, 0) is 9.59 Å². The van der Waals surface area contributed by atoms with Gasteiger partial charge in [-0.15, -0.1) is 0 Å². The van der Waals surface area contributed by atoms with Gasteiger partial charge in [-0.25, -0.2) is 4.68 Å². The van der Waals surface area contributed by atoms with Crippen LogP contribution in [0.4, 0.5) is 11.5 Å². The van der Waals surface area contributed by atoms with Crippen molar-refractivity contribution in [2.75, 3.05) is 24.9 Å². The van der Waals surface area contributed by atoms with Crippen LogP contribution in [0, 0.1) is 6.92 Å². The second-order valence-electron chi connectivity index (χ2n) is 6.96. The maximum Gasteiger partial charge on any atom is 0.249 e. The fourth-order valence-corrected chi connectivity index (χ4v) is 3.55. The molecule has 0 bridgehead atoms. The van der Waals surface area contributed by atoms with Gasteiger partial charge in [-0.05, 0) is 19.1 Å². The number of hydrogen-bond donors (Lipinski definition) is 2. The zero-order chi connectivity index (χ0) is 21.3. The van der Waals surface area contributed by atoms with Crippen LogP contribution >= 0.6 is 0 Å². The van der Waals surface area contributed by atoms with E-state index in [2.05, 4.69) is 15.7 Å². The summed E-state index contributed by atoms with van der Waals surface area (Å²) in [4.78, 5) is 25.4. The molecule has 1 aromatic heterocycles. The number of fused-ring (bicyclic) bond motifs is 1. The normalized spacial score (nSPS) is 15.2. The molecule has 2 N–H and O–H groups in total. The average molecular weight is 406 g/mol. The number of ether oxygens (including phenoxy) is 2. The van der Waals surface area contributed by atoms with Crippen LogP contribution in [0.5, 0.6) is 11.5 Å². The summed E-state index contributed by atoms with van der Waals surface area (Å²) >= 11 is 0. The number of nitrogens with one attached hydrogen (secondary N) is 2. The smallest absolute Gasteiger partial charge is 0.249 e. The fourth-order valence-electron chi connectivity index (χ4n) is 3.55. The quantitative estimate of drug-likeness (QED) is 0.677. The zero-order valence-corrected chi connectivity index (χ0v) is 16.9. The SMILES string of the molecule is COc1ccc(NC(=O)C2CC(=O)Nc3c(C)c(-c4ccccc4)nn32)cc1OC. The number of nitrogens with zero attached hydrogens (tertiary/aromatic N) is 2. The summed E-state index contributed by atoms with van der Waals surface area (Å²) in [6.45, 7) is 1.88. The van der Waals surface area contributed by atoms with E-state index >= 15 is 0 Å². The zero-order valence-electron chi connectivity index (χ0n) is 16.9. The molecule has 0 aliphatic carbocycles. The molecule has 1 unspecified atom stereocenters. The van der Waals surface area contributed by atoms with Crippen molar-refractivity contribution in [1.82, 2.24) is 9.78 Å². The van der Waals surface area contributed by atoms with Crippen LogP contribution in [0.15, 0.2) is 48.5 Å². The lowest BCUT2D eigenvalue weighted by molar-refractivity contribution is -0.125. The van der Waals surface area contributed by atoms with Gasteiger partial charge in [0, 0.05) is 22.9 Å². The number of carbonyl (C=O) groups is 2. The third kappa shape index (κ3) is 3.47. The third-order valence-corrected chi connectivity index (χ3v) is 5.08. The standard InChI is InChI=1S/C22H22N4O4/c1-13-20(14-7-5-4-6-8-14)25-26-16(12-19(27)24-21(13)26)22(28)23-15-9-10-17(29-2)18(11-15)30-3/h4-11,16H,12H2,1-3H3,(H,23,28)(H,24,27). The summed E-state index contributed by atoms with van der Waals surface area (Å²) in [7, 11) is 3.07. The molecule has 2 aromatic carbocycles. The minimum atomic E-state index is -0.766. The van der Waals surface area contributed by atoms with E-state index in [0.717, 1.165) is 16.8 Å². The number of amides is 2. The van der Waals surface area contributed by atoms with Gasteiger partial charge in [0.05, 0.1) is 26.3 Å². The number of rotatable bonds is 5. The molecule has 2 amide bonds. The number of methoxy groups -OCH3 is 2. The molecule has 0 fully saturated rings. The number of carbonyl (C=O) groups excluding carboxylic acids is 2. The first-order chi connectivity index (χ1) is 14.5. The second kappa shape index (κ2) is 7.90. The Labute approximate surface area is 173 Å². The maximum atomic E-state index is 13.1. The predicted octanol–water partition coefficient (Wildman–Crippen LogP) is 3.40. The van der Waals surface area contributed by atoms with Crippen LogP contribution in [0.25, 0.3) is 11.3 Å². The predicted molar refractivity (Wildman–Crippen MR) is 113 cm³/mol. The number of aromatic nitrogens is 2. The molecule has 0 saturated carbocycles. The van der Waals surface area contributed by atoms with Crippen molar-refractivity contribution in [2.45, 2.75) is 19.4 Å². The largest absolute Gasteiger partial charge is 0.493 e. The van der Waals surface area contributed by atoms with Gasteiger partial charge in [-0.1, -0.05) is 30.3 Å². The molecule has 8 heteroatoms. The molecule has 1 aliphatic rings. The van der Waals surface area contributed by atoms with E-state index in [-0.39, 0.29) is 18.2 Å². The monoisotopic (exact) mass is 406 g/mol. The van der Waals surface area contributed by atoms with Crippen molar-refractivity contribution in [3.63, 3.8) is 0 Å². The van der Waals surface area contributed by atoms with E-state index in [1.54, 1.807) is 30.0 Å². The highest BCUT2D eigenvalue weighted by atomic mass is 16.5. The molecule has 0 radical (unpaired) electrons. The molecule has 1 aliphatic heterocycles. The Morgan fingerprint density at radius 3 is 2.57 bits per heavy atom. The van der Waals surface area contributed by atoms with Crippen molar-refractivity contribution in [3.05, 3.63) is 54.1 Å². The van der Waals surface area contributed by atoms with Crippen LogP contribution < -0.4 is 20.1 Å². The topological polar surface area (TPSA) is 94.5 Å². The van der Waals surface area contributed by atoms with E-state index in [1.165, 1.54) is 7.11 Å². The van der Waals surface area contributed by atoms with Gasteiger partial charge < -0.3 is 20.1 Å². The first kappa shape index (κ1) is 19.5. The molecule has 4 rings (SSSR count). The van der Waals surface area contributed by atoms with Gasteiger partial charge in [0.15, 0.2) is 11.5 Å². The first-order valence-corrected chi connectivity index (χ1v) is 9.49. The minimum absolute atomic E-state index is 0.00146. The lowest BCUT2D eigenvalue weighted by Crippen LogP contribution is -2.35. The molecule has 8 nitrogen and oxygen atoms in total. The molecule has 2 heterocycles. The Kier molecular flexibility index (Phi) is 5.14. The summed E-state index contributed by atoms with van der Waals surface area (Å²) in [6.07, 6.45) is 0.00146. The van der Waals surface area contributed by atoms with Gasteiger partial charge >= 0.3 is 0 Å². The van der Waals surface area contributed by atoms with Gasteiger partial charge in [0.1, 0.15) is 11.9 Å². The van der Waals surface area contributed by atoms with Crippen LogP contribution in [0.3, 0.4) is 0 Å². The molecule has 3 aromatic rings. The second-order valence-corrected chi connectivity index (χ2v) is 6.96. The van der Waals surface area contributed by atoms with Crippen molar-refractivity contribution >= 4 is 23.3 Å². The van der Waals surface area contributed by atoms with Gasteiger partial charge in [-0.2, -0.15) is 5.10 Å². The Balaban J connectivity index is 1.66. The number of benzene rings is 2. The highest BCUT2D eigenvalue weighted by Crippen LogP contribution is 2.35. The Bertz CT molecular complexity index is 1110. The van der Waals surface area contributed by atoms with Crippen LogP contribution in [0.1, 0.15) is 18.0 Å². The summed E-state index contributed by atoms with van der Waals surface area (Å²) in [5.41, 5.74) is 3.01. The van der Waals surface area contributed by atoms with Gasteiger partial charge in [0.25, 0.3) is 0 Å². The molecule has 0 saturated heterocycles. The molecular weight excluding hydrogens is 384 g/mol.